The standard InChI is InChI=1S/C11H15O/c1-3-8-12-11-7-5-6-10(4-2)9-11/h5-7,9H,1,3-4,8H2,2H3. The van der Waals surface area contributed by atoms with Crippen LogP contribution in [0.25, 0.3) is 0 Å². The molecule has 1 rings (SSSR count). The summed E-state index contributed by atoms with van der Waals surface area (Å²) < 4.78 is 5.44. The fourth-order valence-corrected chi connectivity index (χ4v) is 1.05. The second-order valence-electron chi connectivity index (χ2n) is 2.70. The summed E-state index contributed by atoms with van der Waals surface area (Å²) in [6, 6.07) is 8.19. The summed E-state index contributed by atoms with van der Waals surface area (Å²) in [5, 5.41) is 0. The van der Waals surface area contributed by atoms with Gasteiger partial charge in [0.15, 0.2) is 0 Å². The van der Waals surface area contributed by atoms with Gasteiger partial charge in [0, 0.05) is 0 Å². The lowest BCUT2D eigenvalue weighted by molar-refractivity contribution is 0.324. The van der Waals surface area contributed by atoms with Crippen molar-refractivity contribution < 1.29 is 4.74 Å². The van der Waals surface area contributed by atoms with Gasteiger partial charge in [0.2, 0.25) is 0 Å². The van der Waals surface area contributed by atoms with E-state index in [4.69, 9.17) is 4.74 Å². The van der Waals surface area contributed by atoms with Gasteiger partial charge in [-0.25, -0.2) is 0 Å². The minimum Gasteiger partial charge on any atom is -0.494 e. The fraction of sp³-hybridized carbons (Fsp3) is 0.364. The second kappa shape index (κ2) is 4.81. The van der Waals surface area contributed by atoms with Crippen LogP contribution in [0.5, 0.6) is 5.75 Å². The van der Waals surface area contributed by atoms with E-state index in [9.17, 15) is 0 Å². The van der Waals surface area contributed by atoms with Gasteiger partial charge in [-0.3, -0.25) is 0 Å². The Balaban J connectivity index is 2.60. The molecular formula is C11H15O. The summed E-state index contributed by atoms with van der Waals surface area (Å²) in [5.41, 5.74) is 1.32. The lowest BCUT2D eigenvalue weighted by Crippen LogP contribution is -1.95. The minimum absolute atomic E-state index is 0.702. The molecule has 0 aliphatic heterocycles. The van der Waals surface area contributed by atoms with Crippen molar-refractivity contribution in [3.05, 3.63) is 36.8 Å². The molecule has 1 aromatic carbocycles. The van der Waals surface area contributed by atoms with Crippen LogP contribution in [-0.2, 0) is 6.42 Å². The van der Waals surface area contributed by atoms with Gasteiger partial charge in [-0.2, -0.15) is 0 Å². The van der Waals surface area contributed by atoms with Crippen LogP contribution >= 0.6 is 0 Å². The molecule has 0 aromatic heterocycles. The first-order valence-corrected chi connectivity index (χ1v) is 4.37. The van der Waals surface area contributed by atoms with Gasteiger partial charge in [0.25, 0.3) is 0 Å². The summed E-state index contributed by atoms with van der Waals surface area (Å²) in [4.78, 5) is 0. The van der Waals surface area contributed by atoms with Crippen LogP contribution in [0.15, 0.2) is 24.3 Å². The molecule has 65 valence electrons. The van der Waals surface area contributed by atoms with E-state index in [-0.39, 0.29) is 0 Å². The Morgan fingerprint density at radius 1 is 1.42 bits per heavy atom. The number of rotatable bonds is 4. The lowest BCUT2D eigenvalue weighted by atomic mass is 10.2. The maximum atomic E-state index is 5.44. The van der Waals surface area contributed by atoms with Crippen molar-refractivity contribution in [3.63, 3.8) is 0 Å². The summed E-state index contributed by atoms with van der Waals surface area (Å²) >= 11 is 0. The fourth-order valence-electron chi connectivity index (χ4n) is 1.05. The molecule has 1 radical (unpaired) electrons. The van der Waals surface area contributed by atoms with Gasteiger partial charge >= 0.3 is 0 Å². The van der Waals surface area contributed by atoms with Gasteiger partial charge in [-0.1, -0.05) is 19.1 Å². The SMILES string of the molecule is [CH2]CCOc1cccc(CC)c1. The van der Waals surface area contributed by atoms with Crippen molar-refractivity contribution in [1.29, 1.82) is 0 Å². The molecule has 0 amide bonds. The Bertz CT molecular complexity index is 230. The molecule has 0 atom stereocenters. The van der Waals surface area contributed by atoms with Gasteiger partial charge in [0.05, 0.1) is 6.61 Å². The maximum absolute atomic E-state index is 5.44. The predicted molar refractivity (Wildman–Crippen MR) is 51.3 cm³/mol. The molecule has 0 spiro atoms. The zero-order valence-corrected chi connectivity index (χ0v) is 7.55. The molecule has 1 nitrogen and oxygen atoms in total. The highest BCUT2D eigenvalue weighted by Crippen LogP contribution is 2.13. The van der Waals surface area contributed by atoms with Crippen LogP contribution in [0, 0.1) is 6.92 Å². The largest absolute Gasteiger partial charge is 0.494 e. The van der Waals surface area contributed by atoms with Crippen LogP contribution in [0.4, 0.5) is 0 Å². The van der Waals surface area contributed by atoms with Crippen LogP contribution in [0.3, 0.4) is 0 Å². The van der Waals surface area contributed by atoms with E-state index in [1.165, 1.54) is 5.56 Å². The Kier molecular flexibility index (Phi) is 3.65. The smallest absolute Gasteiger partial charge is 0.119 e. The third-order valence-electron chi connectivity index (χ3n) is 1.72. The van der Waals surface area contributed by atoms with Crippen LogP contribution in [-0.4, -0.2) is 6.61 Å². The van der Waals surface area contributed by atoms with E-state index in [0.29, 0.717) is 6.61 Å². The Labute approximate surface area is 74.4 Å². The first kappa shape index (κ1) is 9.11. The van der Waals surface area contributed by atoms with Gasteiger partial charge < -0.3 is 4.74 Å². The number of benzene rings is 1. The summed E-state index contributed by atoms with van der Waals surface area (Å²) in [5.74, 6) is 0.956. The predicted octanol–water partition coefficient (Wildman–Crippen LogP) is 2.85. The first-order chi connectivity index (χ1) is 5.86. The van der Waals surface area contributed by atoms with Crippen molar-refractivity contribution in [2.24, 2.45) is 0 Å². The quantitative estimate of drug-likeness (QED) is 0.663. The van der Waals surface area contributed by atoms with Crippen molar-refractivity contribution in [2.75, 3.05) is 6.61 Å². The van der Waals surface area contributed by atoms with E-state index >= 15 is 0 Å². The second-order valence-corrected chi connectivity index (χ2v) is 2.70. The van der Waals surface area contributed by atoms with Crippen molar-refractivity contribution in [2.45, 2.75) is 19.8 Å². The minimum atomic E-state index is 0.702. The van der Waals surface area contributed by atoms with Gasteiger partial charge in [0.1, 0.15) is 5.75 Å². The molecule has 0 fully saturated rings. The van der Waals surface area contributed by atoms with E-state index in [0.717, 1.165) is 18.6 Å². The molecule has 0 heterocycles. The van der Waals surface area contributed by atoms with Gasteiger partial charge in [-0.05, 0) is 37.5 Å². The zero-order chi connectivity index (χ0) is 8.81. The Morgan fingerprint density at radius 3 is 2.92 bits per heavy atom. The Morgan fingerprint density at radius 2 is 2.25 bits per heavy atom. The normalized spacial score (nSPS) is 9.83. The third-order valence-corrected chi connectivity index (χ3v) is 1.72. The van der Waals surface area contributed by atoms with E-state index in [2.05, 4.69) is 26.0 Å². The molecule has 0 saturated carbocycles. The highest BCUT2D eigenvalue weighted by atomic mass is 16.5. The molecule has 0 bridgehead atoms. The Hall–Kier alpha value is -0.980. The van der Waals surface area contributed by atoms with Crippen LogP contribution in [0.2, 0.25) is 0 Å². The maximum Gasteiger partial charge on any atom is 0.119 e. The molecule has 1 aromatic rings. The highest BCUT2D eigenvalue weighted by molar-refractivity contribution is 5.28. The summed E-state index contributed by atoms with van der Waals surface area (Å²) in [7, 11) is 0. The third kappa shape index (κ3) is 2.57. The number of ether oxygens (including phenoxy) is 1. The molecule has 1 heteroatoms. The lowest BCUT2D eigenvalue weighted by Gasteiger charge is -2.05. The molecular weight excluding hydrogens is 148 g/mol. The van der Waals surface area contributed by atoms with Gasteiger partial charge in [-0.15, -0.1) is 0 Å². The number of hydrogen-bond donors (Lipinski definition) is 0. The van der Waals surface area contributed by atoms with Crippen molar-refractivity contribution >= 4 is 0 Å². The summed E-state index contributed by atoms with van der Waals surface area (Å²) in [6.07, 6.45) is 1.87. The zero-order valence-electron chi connectivity index (χ0n) is 7.55. The number of hydrogen-bond acceptors (Lipinski definition) is 1. The first-order valence-electron chi connectivity index (χ1n) is 4.37. The molecule has 0 unspecified atom stereocenters. The number of aryl methyl sites for hydroxylation is 1. The molecule has 0 aliphatic rings. The molecule has 0 saturated heterocycles. The highest BCUT2D eigenvalue weighted by Gasteiger charge is 1.93. The van der Waals surface area contributed by atoms with E-state index in [1.807, 2.05) is 12.1 Å². The van der Waals surface area contributed by atoms with Crippen LogP contribution in [0.1, 0.15) is 18.9 Å². The van der Waals surface area contributed by atoms with E-state index in [1.54, 1.807) is 0 Å². The van der Waals surface area contributed by atoms with Crippen LogP contribution < -0.4 is 4.74 Å². The molecule has 0 N–H and O–H groups in total. The van der Waals surface area contributed by atoms with Crippen molar-refractivity contribution in [1.82, 2.24) is 0 Å². The van der Waals surface area contributed by atoms with E-state index < -0.39 is 0 Å². The summed E-state index contributed by atoms with van der Waals surface area (Å²) in [6.45, 7) is 6.56. The topological polar surface area (TPSA) is 9.23 Å². The van der Waals surface area contributed by atoms with Crippen molar-refractivity contribution in [3.8, 4) is 5.75 Å². The monoisotopic (exact) mass is 163 g/mol. The molecule has 12 heavy (non-hydrogen) atoms. The molecule has 0 aliphatic carbocycles. The average molecular weight is 163 g/mol. The average Bonchev–Trinajstić information content (AvgIpc) is 2.15.